The van der Waals surface area contributed by atoms with E-state index in [4.69, 9.17) is 0 Å². The van der Waals surface area contributed by atoms with E-state index in [1.165, 1.54) is 36.9 Å². The Morgan fingerprint density at radius 3 is 3.00 bits per heavy atom. The SMILES string of the molecule is COC(=O)CCc1nc2c(s1)CCCC2. The molecule has 4 heteroatoms. The predicted octanol–water partition coefficient (Wildman–Crippen LogP) is 2.13. The summed E-state index contributed by atoms with van der Waals surface area (Å²) in [7, 11) is 1.43. The summed E-state index contributed by atoms with van der Waals surface area (Å²) in [6, 6.07) is 0. The van der Waals surface area contributed by atoms with Gasteiger partial charge in [0.25, 0.3) is 0 Å². The van der Waals surface area contributed by atoms with Crippen LogP contribution in [0.3, 0.4) is 0 Å². The molecule has 0 atom stereocenters. The number of rotatable bonds is 3. The van der Waals surface area contributed by atoms with Gasteiger partial charge in [-0.2, -0.15) is 0 Å². The Balaban J connectivity index is 1.97. The Morgan fingerprint density at radius 2 is 2.27 bits per heavy atom. The summed E-state index contributed by atoms with van der Waals surface area (Å²) in [4.78, 5) is 17.0. The van der Waals surface area contributed by atoms with Gasteiger partial charge in [0.2, 0.25) is 0 Å². The molecule has 0 amide bonds. The van der Waals surface area contributed by atoms with Crippen molar-refractivity contribution in [3.8, 4) is 0 Å². The number of fused-ring (bicyclic) bond motifs is 1. The van der Waals surface area contributed by atoms with Gasteiger partial charge in [0.15, 0.2) is 0 Å². The fourth-order valence-electron chi connectivity index (χ4n) is 1.82. The summed E-state index contributed by atoms with van der Waals surface area (Å²) in [6.07, 6.45) is 6.00. The van der Waals surface area contributed by atoms with Crippen LogP contribution in [-0.2, 0) is 28.8 Å². The van der Waals surface area contributed by atoms with Gasteiger partial charge in [-0.15, -0.1) is 11.3 Å². The second kappa shape index (κ2) is 4.75. The maximum absolute atomic E-state index is 11.0. The summed E-state index contributed by atoms with van der Waals surface area (Å²) in [5.41, 5.74) is 1.27. The average molecular weight is 225 g/mol. The number of esters is 1. The zero-order chi connectivity index (χ0) is 10.7. The van der Waals surface area contributed by atoms with E-state index in [9.17, 15) is 4.79 Å². The van der Waals surface area contributed by atoms with Crippen LogP contribution in [0.2, 0.25) is 0 Å². The van der Waals surface area contributed by atoms with E-state index in [1.807, 2.05) is 0 Å². The zero-order valence-electron chi connectivity index (χ0n) is 8.91. The van der Waals surface area contributed by atoms with Gasteiger partial charge in [0.1, 0.15) is 0 Å². The highest BCUT2D eigenvalue weighted by Gasteiger charge is 2.15. The van der Waals surface area contributed by atoms with Crippen molar-refractivity contribution in [2.75, 3.05) is 7.11 Å². The van der Waals surface area contributed by atoms with Gasteiger partial charge in [-0.05, 0) is 25.7 Å². The van der Waals surface area contributed by atoms with Crippen LogP contribution in [0.4, 0.5) is 0 Å². The standard InChI is InChI=1S/C11H15NO2S/c1-14-11(13)7-6-10-12-8-4-2-3-5-9(8)15-10/h2-7H2,1H3. The quantitative estimate of drug-likeness (QED) is 0.740. The molecule has 0 saturated heterocycles. The number of aromatic nitrogens is 1. The van der Waals surface area contributed by atoms with E-state index in [-0.39, 0.29) is 5.97 Å². The summed E-state index contributed by atoms with van der Waals surface area (Å²) in [6.45, 7) is 0. The fourth-order valence-corrected chi connectivity index (χ4v) is 2.98. The molecule has 2 rings (SSSR count). The van der Waals surface area contributed by atoms with Gasteiger partial charge in [-0.25, -0.2) is 4.98 Å². The Kier molecular flexibility index (Phi) is 3.36. The van der Waals surface area contributed by atoms with Crippen molar-refractivity contribution >= 4 is 17.3 Å². The normalized spacial score (nSPS) is 14.7. The Bertz CT molecular complexity index is 336. The van der Waals surface area contributed by atoms with Crippen molar-refractivity contribution in [3.63, 3.8) is 0 Å². The van der Waals surface area contributed by atoms with Crippen LogP contribution < -0.4 is 0 Å². The Labute approximate surface area is 93.5 Å². The van der Waals surface area contributed by atoms with Crippen molar-refractivity contribution in [3.05, 3.63) is 15.6 Å². The third kappa shape index (κ3) is 2.56. The van der Waals surface area contributed by atoms with E-state index in [2.05, 4.69) is 9.72 Å². The summed E-state index contributed by atoms with van der Waals surface area (Å²) in [5.74, 6) is -0.150. The van der Waals surface area contributed by atoms with Crippen molar-refractivity contribution in [1.29, 1.82) is 0 Å². The molecule has 1 aromatic rings. The third-order valence-electron chi connectivity index (χ3n) is 2.66. The molecule has 1 heterocycles. The molecule has 3 nitrogen and oxygen atoms in total. The average Bonchev–Trinajstić information content (AvgIpc) is 2.68. The number of thiazole rings is 1. The lowest BCUT2D eigenvalue weighted by Gasteiger charge is -2.06. The molecule has 1 aliphatic carbocycles. The number of methoxy groups -OCH3 is 1. The van der Waals surface area contributed by atoms with Crippen molar-refractivity contribution < 1.29 is 9.53 Å². The number of carbonyl (C=O) groups is 1. The molecule has 0 saturated carbocycles. The van der Waals surface area contributed by atoms with Crippen LogP contribution in [0.25, 0.3) is 0 Å². The molecule has 0 aliphatic heterocycles. The van der Waals surface area contributed by atoms with Gasteiger partial charge in [0, 0.05) is 11.3 Å². The van der Waals surface area contributed by atoms with Crippen molar-refractivity contribution in [2.45, 2.75) is 38.5 Å². The molecular weight excluding hydrogens is 210 g/mol. The van der Waals surface area contributed by atoms with E-state index in [1.54, 1.807) is 11.3 Å². The minimum absolute atomic E-state index is 0.150. The first-order chi connectivity index (χ1) is 7.29. The first kappa shape index (κ1) is 10.6. The van der Waals surface area contributed by atoms with E-state index in [0.717, 1.165) is 17.8 Å². The summed E-state index contributed by atoms with van der Waals surface area (Å²) < 4.78 is 4.61. The number of ether oxygens (including phenoxy) is 1. The molecule has 0 N–H and O–H groups in total. The van der Waals surface area contributed by atoms with Crippen LogP contribution in [-0.4, -0.2) is 18.1 Å². The molecule has 0 unspecified atom stereocenters. The lowest BCUT2D eigenvalue weighted by molar-refractivity contribution is -0.140. The zero-order valence-corrected chi connectivity index (χ0v) is 9.73. The van der Waals surface area contributed by atoms with E-state index in [0.29, 0.717) is 6.42 Å². The smallest absolute Gasteiger partial charge is 0.305 e. The van der Waals surface area contributed by atoms with Crippen LogP contribution in [0.1, 0.15) is 34.8 Å². The summed E-state index contributed by atoms with van der Waals surface area (Å²) in [5, 5.41) is 1.09. The molecular formula is C11H15NO2S. The number of hydrogen-bond donors (Lipinski definition) is 0. The maximum atomic E-state index is 11.0. The highest BCUT2D eigenvalue weighted by molar-refractivity contribution is 7.11. The number of hydrogen-bond acceptors (Lipinski definition) is 4. The van der Waals surface area contributed by atoms with E-state index < -0.39 is 0 Å². The topological polar surface area (TPSA) is 39.2 Å². The maximum Gasteiger partial charge on any atom is 0.305 e. The molecule has 0 aromatic carbocycles. The van der Waals surface area contributed by atoms with Gasteiger partial charge in [-0.3, -0.25) is 4.79 Å². The molecule has 82 valence electrons. The Hall–Kier alpha value is -0.900. The van der Waals surface area contributed by atoms with Crippen LogP contribution >= 0.6 is 11.3 Å². The second-order valence-electron chi connectivity index (χ2n) is 3.76. The molecule has 1 aliphatic rings. The first-order valence-electron chi connectivity index (χ1n) is 5.34. The predicted molar refractivity (Wildman–Crippen MR) is 59.1 cm³/mol. The lowest BCUT2D eigenvalue weighted by Crippen LogP contribution is -2.02. The molecule has 0 bridgehead atoms. The van der Waals surface area contributed by atoms with Gasteiger partial charge in [-0.1, -0.05) is 0 Å². The van der Waals surface area contributed by atoms with Gasteiger partial charge >= 0.3 is 5.97 Å². The van der Waals surface area contributed by atoms with Crippen LogP contribution in [0, 0.1) is 0 Å². The second-order valence-corrected chi connectivity index (χ2v) is 4.93. The number of aryl methyl sites for hydroxylation is 3. The molecule has 1 aromatic heterocycles. The molecule has 0 radical (unpaired) electrons. The monoisotopic (exact) mass is 225 g/mol. The number of carbonyl (C=O) groups excluding carboxylic acids is 1. The fraction of sp³-hybridized carbons (Fsp3) is 0.636. The highest BCUT2D eigenvalue weighted by atomic mass is 32.1. The minimum atomic E-state index is -0.150. The third-order valence-corrected chi connectivity index (χ3v) is 3.88. The Morgan fingerprint density at radius 1 is 1.47 bits per heavy atom. The van der Waals surface area contributed by atoms with E-state index >= 15 is 0 Å². The largest absolute Gasteiger partial charge is 0.469 e. The minimum Gasteiger partial charge on any atom is -0.469 e. The van der Waals surface area contributed by atoms with Crippen LogP contribution in [0.15, 0.2) is 0 Å². The lowest BCUT2D eigenvalue weighted by atomic mass is 10.0. The van der Waals surface area contributed by atoms with Gasteiger partial charge < -0.3 is 4.74 Å². The highest BCUT2D eigenvalue weighted by Crippen LogP contribution is 2.27. The van der Waals surface area contributed by atoms with Crippen molar-refractivity contribution in [2.24, 2.45) is 0 Å². The number of nitrogens with zero attached hydrogens (tertiary/aromatic N) is 1. The van der Waals surface area contributed by atoms with Crippen LogP contribution in [0.5, 0.6) is 0 Å². The summed E-state index contributed by atoms with van der Waals surface area (Å²) >= 11 is 1.77. The molecule has 0 spiro atoms. The van der Waals surface area contributed by atoms with Gasteiger partial charge in [0.05, 0.1) is 24.2 Å². The van der Waals surface area contributed by atoms with Crippen molar-refractivity contribution in [1.82, 2.24) is 4.98 Å². The molecule has 0 fully saturated rings. The first-order valence-corrected chi connectivity index (χ1v) is 6.15. The molecule has 15 heavy (non-hydrogen) atoms.